The summed E-state index contributed by atoms with van der Waals surface area (Å²) in [4.78, 5) is 15.2. The van der Waals surface area contributed by atoms with E-state index in [1.165, 1.54) is 24.6 Å². The molecule has 1 N–H and O–H groups in total. The topological polar surface area (TPSA) is 55.1 Å². The lowest BCUT2D eigenvalue weighted by Crippen LogP contribution is -2.23. The first-order chi connectivity index (χ1) is 8.87. The Labute approximate surface area is 118 Å². The summed E-state index contributed by atoms with van der Waals surface area (Å²) < 4.78 is 2.19. The van der Waals surface area contributed by atoms with E-state index in [2.05, 4.69) is 29.6 Å². The number of imidazole rings is 1. The van der Waals surface area contributed by atoms with Gasteiger partial charge in [-0.15, -0.1) is 0 Å². The molecule has 0 bridgehead atoms. The van der Waals surface area contributed by atoms with Crippen LogP contribution in [0.3, 0.4) is 0 Å². The number of rotatable bonds is 4. The van der Waals surface area contributed by atoms with Gasteiger partial charge in [0.2, 0.25) is 0 Å². The lowest BCUT2D eigenvalue weighted by molar-refractivity contribution is -0.133. The van der Waals surface area contributed by atoms with Crippen molar-refractivity contribution in [3.63, 3.8) is 0 Å². The van der Waals surface area contributed by atoms with Crippen molar-refractivity contribution in [2.24, 2.45) is 5.41 Å². The van der Waals surface area contributed by atoms with Crippen LogP contribution in [0.5, 0.6) is 0 Å². The highest BCUT2D eigenvalue weighted by Crippen LogP contribution is 2.41. The van der Waals surface area contributed by atoms with E-state index in [9.17, 15) is 4.79 Å². The minimum absolute atomic E-state index is 0.0780. The summed E-state index contributed by atoms with van der Waals surface area (Å²) in [6, 6.07) is 0.477. The summed E-state index contributed by atoms with van der Waals surface area (Å²) in [6.45, 7) is 6.61. The first-order valence-corrected chi connectivity index (χ1v) is 7.76. The molecule has 0 aromatic carbocycles. The second-order valence-corrected chi connectivity index (χ2v) is 7.09. The van der Waals surface area contributed by atoms with Crippen LogP contribution < -0.4 is 0 Å². The highest BCUT2D eigenvalue weighted by molar-refractivity contribution is 7.99. The fraction of sp³-hybridized carbons (Fsp3) is 0.714. The Morgan fingerprint density at radius 3 is 2.74 bits per heavy atom. The molecule has 106 valence electrons. The molecular weight excluding hydrogens is 260 g/mol. The van der Waals surface area contributed by atoms with Gasteiger partial charge in [0.15, 0.2) is 5.16 Å². The van der Waals surface area contributed by atoms with E-state index in [-0.39, 0.29) is 5.75 Å². The predicted molar refractivity (Wildman–Crippen MR) is 76.6 cm³/mol. The fourth-order valence-electron chi connectivity index (χ4n) is 2.65. The van der Waals surface area contributed by atoms with Gasteiger partial charge in [0, 0.05) is 12.2 Å². The number of nitrogens with zero attached hydrogens (tertiary/aromatic N) is 2. The molecule has 1 saturated carbocycles. The molecule has 0 amide bonds. The molecule has 1 aliphatic rings. The summed E-state index contributed by atoms with van der Waals surface area (Å²) in [5, 5.41) is 9.65. The van der Waals surface area contributed by atoms with Crippen LogP contribution in [0.4, 0.5) is 0 Å². The highest BCUT2D eigenvalue weighted by Gasteiger charge is 2.28. The van der Waals surface area contributed by atoms with Gasteiger partial charge in [0.1, 0.15) is 0 Å². The Morgan fingerprint density at radius 2 is 2.16 bits per heavy atom. The standard InChI is InChI=1S/C14H22N2O2S/c1-10-8-16(13(15-10)19-9-12(17)18)11-4-6-14(2,3)7-5-11/h8,11H,4-7,9H2,1-3H3,(H,17,18). The zero-order valence-electron chi connectivity index (χ0n) is 11.8. The normalized spacial score (nSPS) is 19.5. The smallest absolute Gasteiger partial charge is 0.313 e. The van der Waals surface area contributed by atoms with Gasteiger partial charge in [-0.2, -0.15) is 0 Å². The van der Waals surface area contributed by atoms with Gasteiger partial charge in [-0.3, -0.25) is 4.79 Å². The summed E-state index contributed by atoms with van der Waals surface area (Å²) in [5.41, 5.74) is 1.42. The zero-order chi connectivity index (χ0) is 14.0. The molecule has 1 fully saturated rings. The van der Waals surface area contributed by atoms with E-state index in [1.54, 1.807) is 0 Å². The van der Waals surface area contributed by atoms with Crippen LogP contribution in [0.25, 0.3) is 0 Å². The Morgan fingerprint density at radius 1 is 1.53 bits per heavy atom. The van der Waals surface area contributed by atoms with E-state index in [1.807, 2.05) is 6.92 Å². The fourth-order valence-corrected chi connectivity index (χ4v) is 3.46. The van der Waals surface area contributed by atoms with Crippen molar-refractivity contribution in [1.29, 1.82) is 0 Å². The van der Waals surface area contributed by atoms with Crippen LogP contribution in [0, 0.1) is 12.3 Å². The van der Waals surface area contributed by atoms with Crippen molar-refractivity contribution < 1.29 is 9.90 Å². The van der Waals surface area contributed by atoms with Gasteiger partial charge in [0.25, 0.3) is 0 Å². The van der Waals surface area contributed by atoms with Crippen LogP contribution >= 0.6 is 11.8 Å². The number of hydrogen-bond donors (Lipinski definition) is 1. The molecule has 0 spiro atoms. The molecule has 4 nitrogen and oxygen atoms in total. The third kappa shape index (κ3) is 3.75. The molecule has 5 heteroatoms. The monoisotopic (exact) mass is 282 g/mol. The third-order valence-corrected chi connectivity index (χ3v) is 4.80. The molecule has 0 atom stereocenters. The van der Waals surface area contributed by atoms with Gasteiger partial charge in [-0.25, -0.2) is 4.98 Å². The molecular formula is C14H22N2O2S. The van der Waals surface area contributed by atoms with Gasteiger partial charge < -0.3 is 9.67 Å². The van der Waals surface area contributed by atoms with Crippen LogP contribution in [0.1, 0.15) is 51.3 Å². The van der Waals surface area contributed by atoms with Crippen molar-refractivity contribution in [2.75, 3.05) is 5.75 Å². The van der Waals surface area contributed by atoms with Crippen molar-refractivity contribution in [1.82, 2.24) is 9.55 Å². The van der Waals surface area contributed by atoms with Crippen molar-refractivity contribution in [3.05, 3.63) is 11.9 Å². The maximum atomic E-state index is 10.7. The number of aliphatic carboxylic acids is 1. The van der Waals surface area contributed by atoms with E-state index in [0.717, 1.165) is 23.7 Å². The molecule has 0 saturated heterocycles. The summed E-state index contributed by atoms with van der Waals surface area (Å²) in [5.74, 6) is -0.712. The number of carboxylic acid groups (broad SMARTS) is 1. The van der Waals surface area contributed by atoms with Crippen molar-refractivity contribution in [3.8, 4) is 0 Å². The van der Waals surface area contributed by atoms with Crippen LogP contribution in [-0.4, -0.2) is 26.4 Å². The maximum absolute atomic E-state index is 10.7. The predicted octanol–water partition coefficient (Wildman–Crippen LogP) is 3.51. The Balaban J connectivity index is 2.09. The molecule has 0 aliphatic heterocycles. The molecule has 0 unspecified atom stereocenters. The zero-order valence-corrected chi connectivity index (χ0v) is 12.7. The molecule has 1 aromatic heterocycles. The van der Waals surface area contributed by atoms with E-state index in [0.29, 0.717) is 11.5 Å². The van der Waals surface area contributed by atoms with E-state index in [4.69, 9.17) is 5.11 Å². The third-order valence-electron chi connectivity index (χ3n) is 3.85. The second-order valence-electron chi connectivity index (χ2n) is 6.15. The largest absolute Gasteiger partial charge is 0.481 e. The number of carboxylic acids is 1. The Bertz CT molecular complexity index is 458. The SMILES string of the molecule is Cc1cn(C2CCC(C)(C)CC2)c(SCC(=O)O)n1. The average molecular weight is 282 g/mol. The van der Waals surface area contributed by atoms with E-state index >= 15 is 0 Å². The van der Waals surface area contributed by atoms with Crippen molar-refractivity contribution in [2.45, 2.75) is 57.7 Å². The minimum Gasteiger partial charge on any atom is -0.481 e. The first-order valence-electron chi connectivity index (χ1n) is 6.77. The first kappa shape index (κ1) is 14.4. The van der Waals surface area contributed by atoms with Crippen molar-refractivity contribution >= 4 is 17.7 Å². The lowest BCUT2D eigenvalue weighted by atomic mass is 9.75. The van der Waals surface area contributed by atoms with Crippen LogP contribution in [-0.2, 0) is 4.79 Å². The van der Waals surface area contributed by atoms with Gasteiger partial charge in [-0.1, -0.05) is 25.6 Å². The summed E-state index contributed by atoms with van der Waals surface area (Å²) in [7, 11) is 0. The van der Waals surface area contributed by atoms with E-state index < -0.39 is 5.97 Å². The van der Waals surface area contributed by atoms with Crippen LogP contribution in [0.2, 0.25) is 0 Å². The average Bonchev–Trinajstić information content (AvgIpc) is 2.68. The molecule has 1 aliphatic carbocycles. The number of carbonyl (C=O) groups is 1. The second kappa shape index (κ2) is 5.57. The Kier molecular flexibility index (Phi) is 4.23. The molecule has 19 heavy (non-hydrogen) atoms. The molecule has 1 aromatic rings. The number of aromatic nitrogens is 2. The lowest BCUT2D eigenvalue weighted by Gasteiger charge is -2.35. The summed E-state index contributed by atoms with van der Waals surface area (Å²) in [6.07, 6.45) is 6.82. The van der Waals surface area contributed by atoms with Gasteiger partial charge in [-0.05, 0) is 38.0 Å². The quantitative estimate of drug-likeness (QED) is 0.859. The molecule has 1 heterocycles. The highest BCUT2D eigenvalue weighted by atomic mass is 32.2. The minimum atomic E-state index is -0.790. The maximum Gasteiger partial charge on any atom is 0.313 e. The van der Waals surface area contributed by atoms with Gasteiger partial charge in [0.05, 0.1) is 11.4 Å². The number of aryl methyl sites for hydroxylation is 1. The number of hydrogen-bond acceptors (Lipinski definition) is 3. The molecule has 0 radical (unpaired) electrons. The van der Waals surface area contributed by atoms with Crippen LogP contribution in [0.15, 0.2) is 11.4 Å². The summed E-state index contributed by atoms with van der Waals surface area (Å²) >= 11 is 1.32. The molecule has 2 rings (SSSR count). The Hall–Kier alpha value is -0.970. The van der Waals surface area contributed by atoms with Gasteiger partial charge >= 0.3 is 5.97 Å². The number of thioether (sulfide) groups is 1.